The van der Waals surface area contributed by atoms with E-state index in [0.29, 0.717) is 12.8 Å². The Morgan fingerprint density at radius 1 is 1.00 bits per heavy atom. The summed E-state index contributed by atoms with van der Waals surface area (Å²) in [5, 5.41) is 13.1. The molecule has 0 radical (unpaired) electrons. The fourth-order valence-corrected chi connectivity index (χ4v) is 4.21. The van der Waals surface area contributed by atoms with Crippen LogP contribution in [0.5, 0.6) is 0 Å². The van der Waals surface area contributed by atoms with Gasteiger partial charge in [-0.1, -0.05) is 61.4 Å². The molecule has 212 valence electrons. The molecular weight excluding hydrogens is 525 g/mol. The molecule has 0 aliphatic rings. The van der Waals surface area contributed by atoms with Gasteiger partial charge in [-0.15, -0.1) is 0 Å². The van der Waals surface area contributed by atoms with Crippen molar-refractivity contribution in [3.05, 3.63) is 78.4 Å². The number of halogens is 3. The highest BCUT2D eigenvalue weighted by molar-refractivity contribution is 5.89. The maximum absolute atomic E-state index is 13.0. The fourth-order valence-electron chi connectivity index (χ4n) is 4.21. The Balaban J connectivity index is 0.000000559. The number of unbranched alkanes of at least 4 members (excludes halogenated alkanes) is 2. The standard InChI is InChI=1S/C27H30N4O2.C2HF3O2/c1-19(32)10-4-2-7-15-24(27-29-18-25(31-27)20-11-5-3-6-12-20)30-26(33)16-21-17-28-23-14-9-8-13-22(21)23;3-2(4,5)1(6)7/h3,5-6,8-9,11-14,17-18,24,28H,2,4,7,10,15-16H2,1H3,(H,29,31)(H,30,33);(H,6,7)/t24-;/m0./s1. The van der Waals surface area contributed by atoms with Crippen LogP contribution in [-0.4, -0.2) is 33.8 Å². The zero-order chi connectivity index (χ0) is 29.1. The summed E-state index contributed by atoms with van der Waals surface area (Å²) < 4.78 is 31.5. The van der Waals surface area contributed by atoms with Gasteiger partial charge in [0.25, 0.3) is 5.82 Å². The fraction of sp³-hybridized carbons (Fsp3) is 0.310. The van der Waals surface area contributed by atoms with Gasteiger partial charge in [0.1, 0.15) is 24.0 Å². The summed E-state index contributed by atoms with van der Waals surface area (Å²) >= 11 is 0. The largest absolute Gasteiger partial charge is 0.542 e. The summed E-state index contributed by atoms with van der Waals surface area (Å²) in [7, 11) is 0. The topological polar surface area (TPSA) is 132 Å². The molecule has 0 spiro atoms. The number of hydrogen-bond acceptors (Lipinski definition) is 4. The number of aliphatic carboxylic acids is 1. The lowest BCUT2D eigenvalue weighted by Crippen LogP contribution is -2.37. The third-order valence-electron chi connectivity index (χ3n) is 6.19. The van der Waals surface area contributed by atoms with Crippen LogP contribution in [0.2, 0.25) is 0 Å². The lowest BCUT2D eigenvalue weighted by atomic mass is 10.0. The predicted molar refractivity (Wildman–Crippen MR) is 140 cm³/mol. The predicted octanol–water partition coefficient (Wildman–Crippen LogP) is 4.22. The number of H-pyrrole nitrogens is 3. The molecule has 0 saturated carbocycles. The summed E-state index contributed by atoms with van der Waals surface area (Å²) in [6.07, 6.45) is 3.16. The van der Waals surface area contributed by atoms with Crippen LogP contribution in [0.4, 0.5) is 13.2 Å². The highest BCUT2D eigenvalue weighted by Crippen LogP contribution is 2.22. The van der Waals surface area contributed by atoms with Gasteiger partial charge in [0.05, 0.1) is 6.42 Å². The molecule has 4 aromatic rings. The molecule has 4 rings (SSSR count). The average Bonchev–Trinajstić information content (AvgIpc) is 3.56. The van der Waals surface area contributed by atoms with Crippen molar-refractivity contribution in [1.82, 2.24) is 15.3 Å². The van der Waals surface area contributed by atoms with Crippen LogP contribution in [0.3, 0.4) is 0 Å². The molecule has 1 atom stereocenters. The molecule has 4 N–H and O–H groups in total. The van der Waals surface area contributed by atoms with E-state index in [1.807, 2.05) is 54.9 Å². The molecule has 11 heteroatoms. The van der Waals surface area contributed by atoms with Crippen molar-refractivity contribution in [3.63, 3.8) is 0 Å². The molecular formula is C29H31F3N4O4. The number of para-hydroxylation sites is 1. The van der Waals surface area contributed by atoms with Crippen LogP contribution in [0.15, 0.2) is 67.0 Å². The highest BCUT2D eigenvalue weighted by atomic mass is 19.4. The van der Waals surface area contributed by atoms with Crippen LogP contribution in [0, 0.1) is 0 Å². The van der Waals surface area contributed by atoms with Gasteiger partial charge in [0, 0.05) is 29.1 Å². The van der Waals surface area contributed by atoms with Crippen LogP contribution < -0.4 is 15.4 Å². The van der Waals surface area contributed by atoms with Gasteiger partial charge in [0.15, 0.2) is 5.69 Å². The Kier molecular flexibility index (Phi) is 10.6. The van der Waals surface area contributed by atoms with Gasteiger partial charge in [-0.25, -0.2) is 9.97 Å². The zero-order valence-corrected chi connectivity index (χ0v) is 21.9. The molecule has 2 heterocycles. The number of carboxylic acid groups (broad SMARTS) is 1. The summed E-state index contributed by atoms with van der Waals surface area (Å²) in [5.41, 5.74) is 4.10. The minimum absolute atomic E-state index is 0.0160. The van der Waals surface area contributed by atoms with Gasteiger partial charge in [-0.05, 0) is 31.4 Å². The van der Waals surface area contributed by atoms with Crippen molar-refractivity contribution in [2.45, 2.75) is 57.7 Å². The number of aromatic nitrogens is 3. The molecule has 0 fully saturated rings. The number of rotatable bonds is 11. The third kappa shape index (κ3) is 9.11. The van der Waals surface area contributed by atoms with E-state index in [2.05, 4.69) is 32.4 Å². The first-order valence-corrected chi connectivity index (χ1v) is 12.8. The summed E-state index contributed by atoms with van der Waals surface area (Å²) in [6.45, 7) is 1.63. The van der Waals surface area contributed by atoms with Crippen LogP contribution in [0.1, 0.15) is 56.5 Å². The van der Waals surface area contributed by atoms with Gasteiger partial charge in [0.2, 0.25) is 5.91 Å². The van der Waals surface area contributed by atoms with Crippen LogP contribution >= 0.6 is 0 Å². The summed E-state index contributed by atoms with van der Waals surface area (Å²) in [4.78, 5) is 43.0. The van der Waals surface area contributed by atoms with E-state index >= 15 is 0 Å². The number of carbonyl (C=O) groups is 3. The number of carbonyl (C=O) groups excluding carboxylic acids is 3. The number of alkyl halides is 3. The van der Waals surface area contributed by atoms with Crippen molar-refractivity contribution in [1.29, 1.82) is 0 Å². The number of benzene rings is 2. The van der Waals surface area contributed by atoms with E-state index in [1.54, 1.807) is 6.92 Å². The van der Waals surface area contributed by atoms with Gasteiger partial charge < -0.3 is 25.0 Å². The minimum Gasteiger partial charge on any atom is -0.542 e. The molecule has 8 nitrogen and oxygen atoms in total. The van der Waals surface area contributed by atoms with Crippen LogP contribution in [-0.2, 0) is 20.8 Å². The quantitative estimate of drug-likeness (QED) is 0.239. The van der Waals surface area contributed by atoms with Crippen molar-refractivity contribution < 1.29 is 37.6 Å². The SMILES string of the molecule is CC(=O)CCCCC[C@H](NC(=O)Cc1c[nH]c2ccccc12)c1[nH]c(-c2ccccc2)c[nH+]1.O=C([O-])C(F)(F)F. The number of imidazole rings is 1. The lowest BCUT2D eigenvalue weighted by Gasteiger charge is -2.14. The number of aromatic amines is 3. The number of fused-ring (bicyclic) bond motifs is 1. The molecule has 1 amide bonds. The second-order valence-electron chi connectivity index (χ2n) is 9.35. The Bertz CT molecular complexity index is 1410. The van der Waals surface area contributed by atoms with E-state index in [4.69, 9.17) is 9.90 Å². The first kappa shape index (κ1) is 30.1. The minimum atomic E-state index is -5.19. The first-order chi connectivity index (χ1) is 19.0. The second kappa shape index (κ2) is 14.1. The van der Waals surface area contributed by atoms with Crippen molar-refractivity contribution >= 4 is 28.6 Å². The molecule has 0 aliphatic heterocycles. The molecule has 2 aromatic heterocycles. The van der Waals surface area contributed by atoms with Crippen molar-refractivity contribution in [2.24, 2.45) is 0 Å². The van der Waals surface area contributed by atoms with E-state index in [-0.39, 0.29) is 17.7 Å². The first-order valence-electron chi connectivity index (χ1n) is 12.8. The molecule has 0 aliphatic carbocycles. The Labute approximate surface area is 229 Å². The average molecular weight is 557 g/mol. The molecule has 40 heavy (non-hydrogen) atoms. The Morgan fingerprint density at radius 2 is 1.68 bits per heavy atom. The third-order valence-corrected chi connectivity index (χ3v) is 6.19. The van der Waals surface area contributed by atoms with E-state index in [1.165, 1.54) is 0 Å². The van der Waals surface area contributed by atoms with Gasteiger partial charge >= 0.3 is 6.18 Å². The zero-order valence-electron chi connectivity index (χ0n) is 21.9. The smallest absolute Gasteiger partial charge is 0.430 e. The monoisotopic (exact) mass is 556 g/mol. The Hall–Kier alpha value is -4.41. The number of carboxylic acids is 1. The number of amides is 1. The maximum atomic E-state index is 13.0. The molecule has 2 aromatic carbocycles. The molecule has 0 saturated heterocycles. The number of nitrogens with one attached hydrogen (secondary N) is 4. The van der Waals surface area contributed by atoms with E-state index in [9.17, 15) is 22.8 Å². The molecule has 0 unspecified atom stereocenters. The lowest BCUT2D eigenvalue weighted by molar-refractivity contribution is -0.391. The van der Waals surface area contributed by atoms with Gasteiger partial charge in [-0.2, -0.15) is 13.2 Å². The van der Waals surface area contributed by atoms with Gasteiger partial charge in [-0.3, -0.25) is 4.79 Å². The second-order valence-corrected chi connectivity index (χ2v) is 9.35. The van der Waals surface area contributed by atoms with Crippen molar-refractivity contribution in [2.75, 3.05) is 0 Å². The highest BCUT2D eigenvalue weighted by Gasteiger charge is 2.29. The maximum Gasteiger partial charge on any atom is 0.430 e. The summed E-state index contributed by atoms with van der Waals surface area (Å²) in [6, 6.07) is 18.0. The molecule has 0 bridgehead atoms. The number of ketones is 1. The number of hydrogen-bond donors (Lipinski definition) is 3. The van der Waals surface area contributed by atoms with Crippen molar-refractivity contribution in [3.8, 4) is 11.3 Å². The number of Topliss-reactive ketones (excluding diaryl/α,β-unsaturated/α-hetero) is 1. The van der Waals surface area contributed by atoms with Crippen LogP contribution in [0.25, 0.3) is 22.2 Å². The Morgan fingerprint density at radius 3 is 2.35 bits per heavy atom. The van der Waals surface area contributed by atoms with E-state index < -0.39 is 12.1 Å². The van der Waals surface area contributed by atoms with E-state index in [0.717, 1.165) is 59.2 Å². The summed E-state index contributed by atoms with van der Waals surface area (Å²) in [5.74, 6) is -1.92. The normalized spacial score (nSPS) is 11.9.